The second kappa shape index (κ2) is 7.13. The Morgan fingerprint density at radius 3 is 2.96 bits per heavy atom. The van der Waals surface area contributed by atoms with Crippen LogP contribution in [0.3, 0.4) is 0 Å². The lowest BCUT2D eigenvalue weighted by Crippen LogP contribution is -2.30. The number of rotatable bonds is 4. The highest BCUT2D eigenvalue weighted by Gasteiger charge is 2.20. The number of halogens is 1. The largest absolute Gasteiger partial charge is 0.346 e. The number of carbonyl (C=O) groups excluding carboxylic acids is 1. The van der Waals surface area contributed by atoms with Crippen molar-refractivity contribution in [1.82, 2.24) is 20.1 Å². The van der Waals surface area contributed by atoms with Crippen LogP contribution in [-0.4, -0.2) is 20.7 Å². The summed E-state index contributed by atoms with van der Waals surface area (Å²) >= 11 is 6.11. The number of nitrogens with zero attached hydrogens (tertiary/aromatic N) is 3. The molecular formula is C17H21ClN4O. The van der Waals surface area contributed by atoms with Crippen LogP contribution in [-0.2, 0) is 24.2 Å². The molecule has 1 aromatic heterocycles. The molecule has 0 saturated heterocycles. The molecule has 2 heterocycles. The third-order valence-electron chi connectivity index (χ3n) is 4.21. The first kappa shape index (κ1) is 16.0. The number of benzene rings is 1. The first-order valence-electron chi connectivity index (χ1n) is 8.10. The zero-order chi connectivity index (χ0) is 16.2. The SMILES string of the molecule is C[C@@H](NC(=O)Cc1ccccc1Cl)c1nnc2n1CCCCC2. The molecule has 122 valence electrons. The van der Waals surface area contributed by atoms with Crippen molar-refractivity contribution < 1.29 is 4.79 Å². The van der Waals surface area contributed by atoms with Gasteiger partial charge in [0.15, 0.2) is 5.82 Å². The summed E-state index contributed by atoms with van der Waals surface area (Å²) in [5.41, 5.74) is 0.832. The van der Waals surface area contributed by atoms with Gasteiger partial charge in [-0.3, -0.25) is 4.79 Å². The van der Waals surface area contributed by atoms with Crippen LogP contribution in [0, 0.1) is 0 Å². The molecule has 1 aliphatic rings. The van der Waals surface area contributed by atoms with Gasteiger partial charge in [-0.25, -0.2) is 0 Å². The molecular weight excluding hydrogens is 312 g/mol. The van der Waals surface area contributed by atoms with Crippen LogP contribution in [0.2, 0.25) is 5.02 Å². The van der Waals surface area contributed by atoms with Crippen molar-refractivity contribution in [2.45, 2.75) is 51.6 Å². The topological polar surface area (TPSA) is 59.8 Å². The zero-order valence-electron chi connectivity index (χ0n) is 13.3. The lowest BCUT2D eigenvalue weighted by atomic mass is 10.1. The van der Waals surface area contributed by atoms with Crippen LogP contribution >= 0.6 is 11.6 Å². The fraction of sp³-hybridized carbons (Fsp3) is 0.471. The summed E-state index contributed by atoms with van der Waals surface area (Å²) in [5.74, 6) is 1.82. The third-order valence-corrected chi connectivity index (χ3v) is 4.58. The van der Waals surface area contributed by atoms with E-state index in [2.05, 4.69) is 20.1 Å². The summed E-state index contributed by atoms with van der Waals surface area (Å²) in [4.78, 5) is 12.3. The van der Waals surface area contributed by atoms with Gasteiger partial charge in [-0.05, 0) is 31.4 Å². The standard InChI is InChI=1S/C17H21ClN4O/c1-12(17-21-20-15-9-3-2-6-10-22(15)17)19-16(23)11-13-7-4-5-8-14(13)18/h4-5,7-8,12H,2-3,6,9-11H2,1H3,(H,19,23)/t12-/m1/s1. The van der Waals surface area contributed by atoms with Gasteiger partial charge in [0.2, 0.25) is 5.91 Å². The number of amides is 1. The summed E-state index contributed by atoms with van der Waals surface area (Å²) in [7, 11) is 0. The summed E-state index contributed by atoms with van der Waals surface area (Å²) < 4.78 is 2.16. The molecule has 0 bridgehead atoms. The number of nitrogens with one attached hydrogen (secondary N) is 1. The lowest BCUT2D eigenvalue weighted by molar-refractivity contribution is -0.121. The molecule has 1 aliphatic heterocycles. The van der Waals surface area contributed by atoms with Crippen molar-refractivity contribution in [3.63, 3.8) is 0 Å². The third kappa shape index (κ3) is 3.72. The van der Waals surface area contributed by atoms with Gasteiger partial charge in [0.05, 0.1) is 12.5 Å². The van der Waals surface area contributed by atoms with Gasteiger partial charge >= 0.3 is 0 Å². The van der Waals surface area contributed by atoms with Crippen LogP contribution in [0.1, 0.15) is 49.4 Å². The molecule has 0 fully saturated rings. The van der Waals surface area contributed by atoms with Crippen LogP contribution in [0.4, 0.5) is 0 Å². The second-order valence-electron chi connectivity index (χ2n) is 5.99. The summed E-state index contributed by atoms with van der Waals surface area (Å²) in [5, 5.41) is 12.2. The van der Waals surface area contributed by atoms with Crippen LogP contribution in [0.15, 0.2) is 24.3 Å². The predicted molar refractivity (Wildman–Crippen MR) is 89.3 cm³/mol. The quantitative estimate of drug-likeness (QED) is 0.936. The molecule has 0 spiro atoms. The normalized spacial score (nSPS) is 15.6. The molecule has 5 nitrogen and oxygen atoms in total. The van der Waals surface area contributed by atoms with Crippen molar-refractivity contribution in [2.75, 3.05) is 0 Å². The van der Waals surface area contributed by atoms with E-state index in [0.717, 1.165) is 43.0 Å². The molecule has 2 aromatic rings. The Morgan fingerprint density at radius 1 is 1.30 bits per heavy atom. The van der Waals surface area contributed by atoms with Crippen LogP contribution in [0.5, 0.6) is 0 Å². The maximum atomic E-state index is 12.3. The van der Waals surface area contributed by atoms with Crippen molar-refractivity contribution in [3.05, 3.63) is 46.5 Å². The molecule has 23 heavy (non-hydrogen) atoms. The van der Waals surface area contributed by atoms with Gasteiger partial charge in [-0.1, -0.05) is 36.2 Å². The second-order valence-corrected chi connectivity index (χ2v) is 6.40. The number of aryl methyl sites for hydroxylation is 1. The van der Waals surface area contributed by atoms with Gasteiger partial charge in [-0.15, -0.1) is 10.2 Å². The molecule has 1 N–H and O–H groups in total. The van der Waals surface area contributed by atoms with Gasteiger partial charge < -0.3 is 9.88 Å². The van der Waals surface area contributed by atoms with E-state index in [1.807, 2.05) is 25.1 Å². The number of aromatic nitrogens is 3. The van der Waals surface area contributed by atoms with E-state index < -0.39 is 0 Å². The van der Waals surface area contributed by atoms with Gasteiger partial charge in [0.25, 0.3) is 0 Å². The van der Waals surface area contributed by atoms with E-state index >= 15 is 0 Å². The molecule has 1 aromatic carbocycles. The zero-order valence-corrected chi connectivity index (χ0v) is 14.0. The maximum Gasteiger partial charge on any atom is 0.225 e. The van der Waals surface area contributed by atoms with Crippen molar-refractivity contribution in [2.24, 2.45) is 0 Å². The number of hydrogen-bond acceptors (Lipinski definition) is 3. The Labute approximate surface area is 141 Å². The molecule has 0 saturated carbocycles. The lowest BCUT2D eigenvalue weighted by Gasteiger charge is -2.15. The van der Waals surface area contributed by atoms with Gasteiger partial charge in [-0.2, -0.15) is 0 Å². The van der Waals surface area contributed by atoms with Gasteiger partial charge in [0, 0.05) is 18.0 Å². The number of fused-ring (bicyclic) bond motifs is 1. The van der Waals surface area contributed by atoms with Crippen LogP contribution < -0.4 is 5.32 Å². The molecule has 0 radical (unpaired) electrons. The Kier molecular flexibility index (Phi) is 4.96. The predicted octanol–water partition coefficient (Wildman–Crippen LogP) is 3.08. The van der Waals surface area contributed by atoms with Crippen LogP contribution in [0.25, 0.3) is 0 Å². The Balaban J connectivity index is 1.67. The number of hydrogen-bond donors (Lipinski definition) is 1. The minimum Gasteiger partial charge on any atom is -0.346 e. The molecule has 6 heteroatoms. The van der Waals surface area contributed by atoms with E-state index in [1.165, 1.54) is 6.42 Å². The van der Waals surface area contributed by atoms with Crippen molar-refractivity contribution >= 4 is 17.5 Å². The number of carbonyl (C=O) groups is 1. The molecule has 1 atom stereocenters. The van der Waals surface area contributed by atoms with E-state index in [1.54, 1.807) is 6.07 Å². The first-order chi connectivity index (χ1) is 11.1. The molecule has 3 rings (SSSR count). The molecule has 1 amide bonds. The average Bonchev–Trinajstić information content (AvgIpc) is 2.79. The molecule has 0 aliphatic carbocycles. The summed E-state index contributed by atoms with van der Waals surface area (Å²) in [6.45, 7) is 2.88. The molecule has 0 unspecified atom stereocenters. The van der Waals surface area contributed by atoms with E-state index in [4.69, 9.17) is 11.6 Å². The highest BCUT2D eigenvalue weighted by atomic mass is 35.5. The highest BCUT2D eigenvalue weighted by Crippen LogP contribution is 2.19. The minimum atomic E-state index is -0.163. The Bertz CT molecular complexity index is 698. The van der Waals surface area contributed by atoms with E-state index in [0.29, 0.717) is 5.02 Å². The van der Waals surface area contributed by atoms with E-state index in [-0.39, 0.29) is 18.4 Å². The highest BCUT2D eigenvalue weighted by molar-refractivity contribution is 6.31. The Morgan fingerprint density at radius 2 is 2.13 bits per heavy atom. The van der Waals surface area contributed by atoms with E-state index in [9.17, 15) is 4.79 Å². The smallest absolute Gasteiger partial charge is 0.225 e. The van der Waals surface area contributed by atoms with Gasteiger partial charge in [0.1, 0.15) is 5.82 Å². The Hall–Kier alpha value is -1.88. The van der Waals surface area contributed by atoms with Crippen molar-refractivity contribution in [1.29, 1.82) is 0 Å². The summed E-state index contributed by atoms with van der Waals surface area (Å²) in [6, 6.07) is 7.25. The van der Waals surface area contributed by atoms with Crippen molar-refractivity contribution in [3.8, 4) is 0 Å². The maximum absolute atomic E-state index is 12.3. The monoisotopic (exact) mass is 332 g/mol. The summed E-state index contributed by atoms with van der Waals surface area (Å²) in [6.07, 6.45) is 4.75. The fourth-order valence-electron chi connectivity index (χ4n) is 3.00. The first-order valence-corrected chi connectivity index (χ1v) is 8.47. The minimum absolute atomic E-state index is 0.0587. The average molecular weight is 333 g/mol. The fourth-order valence-corrected chi connectivity index (χ4v) is 3.20.